The van der Waals surface area contributed by atoms with Gasteiger partial charge in [0.05, 0.1) is 0 Å². The van der Waals surface area contributed by atoms with Crippen LogP contribution in [0.4, 0.5) is 0 Å². The number of nitrogens with zero attached hydrogens (tertiary/aromatic N) is 1. The predicted molar refractivity (Wildman–Crippen MR) is 109 cm³/mol. The number of hydrogen-bond donors (Lipinski definition) is 1. The Hall–Kier alpha value is -2.62. The SMILES string of the molecule is CCCNC(=O)[C@H](C)N(Cc1ccccc1)C(=O)CCc1ccc(C)cc1. The molecule has 4 heteroatoms. The molecule has 4 nitrogen and oxygen atoms in total. The monoisotopic (exact) mass is 366 g/mol. The van der Waals surface area contributed by atoms with E-state index in [9.17, 15) is 9.59 Å². The summed E-state index contributed by atoms with van der Waals surface area (Å²) < 4.78 is 0. The van der Waals surface area contributed by atoms with E-state index in [1.807, 2.05) is 44.2 Å². The van der Waals surface area contributed by atoms with Gasteiger partial charge in [-0.05, 0) is 37.8 Å². The number of nitrogens with one attached hydrogen (secondary N) is 1. The maximum atomic E-state index is 13.0. The van der Waals surface area contributed by atoms with Crippen LogP contribution in [0, 0.1) is 6.92 Å². The number of amides is 2. The maximum Gasteiger partial charge on any atom is 0.242 e. The molecule has 0 spiro atoms. The third kappa shape index (κ3) is 6.55. The normalized spacial score (nSPS) is 11.7. The summed E-state index contributed by atoms with van der Waals surface area (Å²) >= 11 is 0. The molecule has 0 aromatic heterocycles. The third-order valence-electron chi connectivity index (χ3n) is 4.66. The fraction of sp³-hybridized carbons (Fsp3) is 0.391. The minimum atomic E-state index is -0.498. The van der Waals surface area contributed by atoms with Crippen molar-refractivity contribution < 1.29 is 9.59 Å². The lowest BCUT2D eigenvalue weighted by Gasteiger charge is -2.29. The average molecular weight is 367 g/mol. The summed E-state index contributed by atoms with van der Waals surface area (Å²) in [5, 5.41) is 2.90. The molecule has 2 aromatic carbocycles. The molecule has 2 rings (SSSR count). The second kappa shape index (κ2) is 10.5. The van der Waals surface area contributed by atoms with Gasteiger partial charge in [-0.2, -0.15) is 0 Å². The molecule has 2 amide bonds. The van der Waals surface area contributed by atoms with E-state index in [0.29, 0.717) is 25.9 Å². The molecule has 0 radical (unpaired) electrons. The number of aryl methyl sites for hydroxylation is 2. The van der Waals surface area contributed by atoms with Crippen molar-refractivity contribution in [3.05, 3.63) is 71.3 Å². The minimum absolute atomic E-state index is 0.00132. The van der Waals surface area contributed by atoms with E-state index in [4.69, 9.17) is 0 Å². The van der Waals surface area contributed by atoms with Crippen molar-refractivity contribution in [1.29, 1.82) is 0 Å². The van der Waals surface area contributed by atoms with E-state index in [2.05, 4.69) is 29.6 Å². The second-order valence-corrected chi connectivity index (χ2v) is 6.96. The zero-order valence-electron chi connectivity index (χ0n) is 16.6. The Balaban J connectivity index is 2.08. The molecule has 1 N–H and O–H groups in total. The number of carbonyl (C=O) groups excluding carboxylic acids is 2. The van der Waals surface area contributed by atoms with Crippen LogP contribution in [0.2, 0.25) is 0 Å². The number of rotatable bonds is 9. The second-order valence-electron chi connectivity index (χ2n) is 6.96. The van der Waals surface area contributed by atoms with E-state index in [-0.39, 0.29) is 11.8 Å². The highest BCUT2D eigenvalue weighted by molar-refractivity contribution is 5.87. The number of hydrogen-bond acceptors (Lipinski definition) is 2. The third-order valence-corrected chi connectivity index (χ3v) is 4.66. The highest BCUT2D eigenvalue weighted by Crippen LogP contribution is 2.13. The van der Waals surface area contributed by atoms with Crippen molar-refractivity contribution in [3.8, 4) is 0 Å². The van der Waals surface area contributed by atoms with Crippen LogP contribution < -0.4 is 5.32 Å². The molecule has 0 fully saturated rings. The van der Waals surface area contributed by atoms with Gasteiger partial charge in [0.15, 0.2) is 0 Å². The average Bonchev–Trinajstić information content (AvgIpc) is 2.69. The van der Waals surface area contributed by atoms with Crippen LogP contribution in [0.15, 0.2) is 54.6 Å². The molecular formula is C23H30N2O2. The van der Waals surface area contributed by atoms with Gasteiger partial charge in [0.2, 0.25) is 11.8 Å². The summed E-state index contributed by atoms with van der Waals surface area (Å²) in [5.74, 6) is -0.102. The lowest BCUT2D eigenvalue weighted by Crippen LogP contribution is -2.47. The van der Waals surface area contributed by atoms with Gasteiger partial charge in [-0.15, -0.1) is 0 Å². The molecule has 0 heterocycles. The van der Waals surface area contributed by atoms with Crippen LogP contribution in [0.25, 0.3) is 0 Å². The van der Waals surface area contributed by atoms with Crippen LogP contribution in [-0.4, -0.2) is 29.3 Å². The smallest absolute Gasteiger partial charge is 0.242 e. The van der Waals surface area contributed by atoms with Crippen molar-refractivity contribution in [3.63, 3.8) is 0 Å². The van der Waals surface area contributed by atoms with E-state index < -0.39 is 6.04 Å². The van der Waals surface area contributed by atoms with Gasteiger partial charge in [-0.25, -0.2) is 0 Å². The number of carbonyl (C=O) groups is 2. The van der Waals surface area contributed by atoms with Crippen molar-refractivity contribution >= 4 is 11.8 Å². The summed E-state index contributed by atoms with van der Waals surface area (Å²) in [4.78, 5) is 27.1. The van der Waals surface area contributed by atoms with Crippen molar-refractivity contribution in [1.82, 2.24) is 10.2 Å². The van der Waals surface area contributed by atoms with Gasteiger partial charge in [-0.3, -0.25) is 9.59 Å². The highest BCUT2D eigenvalue weighted by Gasteiger charge is 2.25. The van der Waals surface area contributed by atoms with Crippen LogP contribution >= 0.6 is 0 Å². The fourth-order valence-electron chi connectivity index (χ4n) is 2.91. The summed E-state index contributed by atoms with van der Waals surface area (Å²) in [6.07, 6.45) is 1.94. The van der Waals surface area contributed by atoms with E-state index >= 15 is 0 Å². The molecule has 27 heavy (non-hydrogen) atoms. The Morgan fingerprint density at radius 2 is 1.67 bits per heavy atom. The molecule has 0 aliphatic heterocycles. The Labute approximate surface area is 162 Å². The molecule has 0 aliphatic carbocycles. The Kier molecular flexibility index (Phi) is 8.05. The van der Waals surface area contributed by atoms with E-state index in [1.165, 1.54) is 5.56 Å². The summed E-state index contributed by atoms with van der Waals surface area (Å²) in [6.45, 7) is 6.93. The Bertz CT molecular complexity index is 726. The molecule has 0 saturated heterocycles. The first-order valence-corrected chi connectivity index (χ1v) is 9.68. The molecule has 0 unspecified atom stereocenters. The molecule has 0 saturated carbocycles. The van der Waals surface area contributed by atoms with Gasteiger partial charge in [0.1, 0.15) is 6.04 Å². The first-order valence-electron chi connectivity index (χ1n) is 9.68. The van der Waals surface area contributed by atoms with Gasteiger partial charge < -0.3 is 10.2 Å². The van der Waals surface area contributed by atoms with E-state index in [1.54, 1.807) is 11.8 Å². The first kappa shape index (κ1) is 20.7. The standard InChI is InChI=1S/C23H30N2O2/c1-4-16-24-23(27)19(3)25(17-21-8-6-5-7-9-21)22(26)15-14-20-12-10-18(2)11-13-20/h5-13,19H,4,14-17H2,1-3H3,(H,24,27)/t19-/m0/s1. The maximum absolute atomic E-state index is 13.0. The molecular weight excluding hydrogens is 336 g/mol. The van der Waals surface area contributed by atoms with Gasteiger partial charge >= 0.3 is 0 Å². The van der Waals surface area contributed by atoms with Crippen LogP contribution in [-0.2, 0) is 22.6 Å². The Morgan fingerprint density at radius 3 is 2.30 bits per heavy atom. The summed E-state index contributed by atoms with van der Waals surface area (Å²) in [7, 11) is 0. The molecule has 144 valence electrons. The molecule has 0 aliphatic rings. The molecule has 1 atom stereocenters. The summed E-state index contributed by atoms with van der Waals surface area (Å²) in [6, 6.07) is 17.5. The quantitative estimate of drug-likeness (QED) is 0.732. The van der Waals surface area contributed by atoms with Gasteiger partial charge in [-0.1, -0.05) is 67.1 Å². The van der Waals surface area contributed by atoms with Crippen molar-refractivity contribution in [2.24, 2.45) is 0 Å². The first-order chi connectivity index (χ1) is 13.0. The highest BCUT2D eigenvalue weighted by atomic mass is 16.2. The lowest BCUT2D eigenvalue weighted by molar-refractivity contribution is -0.140. The zero-order chi connectivity index (χ0) is 19.6. The zero-order valence-corrected chi connectivity index (χ0v) is 16.6. The molecule has 2 aromatic rings. The van der Waals surface area contributed by atoms with Crippen molar-refractivity contribution in [2.45, 2.75) is 52.6 Å². The van der Waals surface area contributed by atoms with E-state index in [0.717, 1.165) is 17.5 Å². The van der Waals surface area contributed by atoms with Crippen molar-refractivity contribution in [2.75, 3.05) is 6.54 Å². The Morgan fingerprint density at radius 1 is 1.00 bits per heavy atom. The fourth-order valence-corrected chi connectivity index (χ4v) is 2.91. The topological polar surface area (TPSA) is 49.4 Å². The lowest BCUT2D eigenvalue weighted by atomic mass is 10.1. The largest absolute Gasteiger partial charge is 0.354 e. The van der Waals surface area contributed by atoms with Crippen LogP contribution in [0.5, 0.6) is 0 Å². The van der Waals surface area contributed by atoms with Gasteiger partial charge in [0.25, 0.3) is 0 Å². The number of benzene rings is 2. The van der Waals surface area contributed by atoms with Gasteiger partial charge in [0, 0.05) is 19.5 Å². The summed E-state index contributed by atoms with van der Waals surface area (Å²) in [5.41, 5.74) is 3.37. The van der Waals surface area contributed by atoms with Crippen LogP contribution in [0.3, 0.4) is 0 Å². The van der Waals surface area contributed by atoms with Crippen LogP contribution in [0.1, 0.15) is 43.4 Å². The minimum Gasteiger partial charge on any atom is -0.354 e. The predicted octanol–water partition coefficient (Wildman–Crippen LogP) is 3.87. The molecule has 0 bridgehead atoms.